The van der Waals surface area contributed by atoms with Crippen molar-refractivity contribution in [1.82, 2.24) is 15.6 Å². The maximum absolute atomic E-state index is 13.6. The number of ether oxygens (including phenoxy) is 1. The summed E-state index contributed by atoms with van der Waals surface area (Å²) in [7, 11) is 0. The van der Waals surface area contributed by atoms with Crippen molar-refractivity contribution in [3.63, 3.8) is 0 Å². The zero-order valence-corrected chi connectivity index (χ0v) is 22.2. The van der Waals surface area contributed by atoms with Crippen LogP contribution in [0, 0.1) is 0 Å². The lowest BCUT2D eigenvalue weighted by Gasteiger charge is -2.29. The van der Waals surface area contributed by atoms with Crippen LogP contribution in [0.25, 0.3) is 11.1 Å². The number of carbonyl (C=O) groups is 1. The number of rotatable bonds is 8. The van der Waals surface area contributed by atoms with Gasteiger partial charge in [-0.2, -0.15) is 13.2 Å². The number of carbonyl (C=O) groups excluding carboxylic acids is 1. The largest absolute Gasteiger partial charge is 0.489 e. The van der Waals surface area contributed by atoms with E-state index in [1.807, 2.05) is 30.3 Å². The molecule has 10 heteroatoms. The molecule has 0 bridgehead atoms. The van der Waals surface area contributed by atoms with E-state index in [1.54, 1.807) is 42.7 Å². The molecule has 1 saturated heterocycles. The molecule has 2 amide bonds. The Bertz CT molecular complexity index is 1460. The lowest BCUT2D eigenvalue weighted by Crippen LogP contribution is -2.43. The number of halogens is 3. The summed E-state index contributed by atoms with van der Waals surface area (Å²) in [4.78, 5) is 18.5. The first-order chi connectivity index (χ1) is 19.8. The monoisotopic (exact) mass is 561 g/mol. The molecular weight excluding hydrogens is 531 g/mol. The van der Waals surface area contributed by atoms with E-state index in [1.165, 1.54) is 12.1 Å². The Labute approximate surface area is 236 Å². The minimum atomic E-state index is -4.46. The van der Waals surface area contributed by atoms with Gasteiger partial charge in [-0.1, -0.05) is 24.3 Å². The maximum atomic E-state index is 13.6. The van der Waals surface area contributed by atoms with Crippen molar-refractivity contribution < 1.29 is 22.7 Å². The molecule has 0 atom stereocenters. The highest BCUT2D eigenvalue weighted by molar-refractivity contribution is 5.89. The summed E-state index contributed by atoms with van der Waals surface area (Å²) in [5, 5.41) is 8.83. The van der Waals surface area contributed by atoms with Crippen molar-refractivity contribution in [1.29, 1.82) is 0 Å². The molecule has 41 heavy (non-hydrogen) atoms. The van der Waals surface area contributed by atoms with E-state index >= 15 is 0 Å². The Balaban J connectivity index is 1.27. The smallest absolute Gasteiger partial charge is 0.416 e. The van der Waals surface area contributed by atoms with Gasteiger partial charge >= 0.3 is 12.2 Å². The van der Waals surface area contributed by atoms with Crippen molar-refractivity contribution in [2.75, 3.05) is 36.4 Å². The number of aromatic nitrogens is 1. The van der Waals surface area contributed by atoms with E-state index in [0.29, 0.717) is 34.7 Å². The number of piperazine rings is 1. The van der Waals surface area contributed by atoms with Crippen LogP contribution >= 0.6 is 0 Å². The van der Waals surface area contributed by atoms with Crippen molar-refractivity contribution >= 4 is 17.4 Å². The number of hydrogen-bond acceptors (Lipinski definition) is 5. The number of nitrogens with zero attached hydrogens (tertiary/aromatic N) is 2. The molecule has 3 N–H and O–H groups in total. The fraction of sp³-hybridized carbons (Fsp3) is 0.226. The van der Waals surface area contributed by atoms with Gasteiger partial charge in [-0.25, -0.2) is 4.79 Å². The van der Waals surface area contributed by atoms with Crippen molar-refractivity contribution in [2.45, 2.75) is 19.3 Å². The first-order valence-electron chi connectivity index (χ1n) is 13.3. The molecule has 2 heterocycles. The Hall–Kier alpha value is -4.57. The Kier molecular flexibility index (Phi) is 8.69. The number of anilines is 2. The first-order valence-corrected chi connectivity index (χ1v) is 13.3. The Morgan fingerprint density at radius 3 is 2.51 bits per heavy atom. The van der Waals surface area contributed by atoms with Crippen LogP contribution in [0.2, 0.25) is 0 Å². The number of nitrogens with one attached hydrogen (secondary N) is 3. The van der Waals surface area contributed by atoms with Gasteiger partial charge in [-0.05, 0) is 76.9 Å². The molecule has 1 aromatic heterocycles. The van der Waals surface area contributed by atoms with E-state index in [-0.39, 0.29) is 12.6 Å². The summed E-state index contributed by atoms with van der Waals surface area (Å²) < 4.78 is 46.8. The number of urea groups is 1. The van der Waals surface area contributed by atoms with Crippen LogP contribution in [-0.4, -0.2) is 37.2 Å². The molecular formula is C31H30F3N5O2. The second-order valence-electron chi connectivity index (χ2n) is 9.64. The Morgan fingerprint density at radius 1 is 0.976 bits per heavy atom. The minimum absolute atomic E-state index is 0.0731. The molecule has 0 spiro atoms. The van der Waals surface area contributed by atoms with Gasteiger partial charge in [-0.15, -0.1) is 0 Å². The van der Waals surface area contributed by atoms with Gasteiger partial charge in [0.05, 0.1) is 5.56 Å². The fourth-order valence-electron chi connectivity index (χ4n) is 4.60. The molecule has 1 aliphatic rings. The maximum Gasteiger partial charge on any atom is 0.416 e. The minimum Gasteiger partial charge on any atom is -0.489 e. The number of alkyl halides is 3. The van der Waals surface area contributed by atoms with Crippen molar-refractivity contribution in [3.8, 4) is 16.9 Å². The highest BCUT2D eigenvalue weighted by Crippen LogP contribution is 2.35. The molecule has 0 radical (unpaired) electrons. The van der Waals surface area contributed by atoms with Crippen LogP contribution in [0.15, 0.2) is 91.3 Å². The zero-order valence-electron chi connectivity index (χ0n) is 22.2. The molecule has 0 aliphatic carbocycles. The third kappa shape index (κ3) is 7.55. The average Bonchev–Trinajstić information content (AvgIpc) is 3.00. The van der Waals surface area contributed by atoms with Crippen molar-refractivity contribution in [2.24, 2.45) is 0 Å². The second kappa shape index (κ2) is 12.7. The summed E-state index contributed by atoms with van der Waals surface area (Å²) >= 11 is 0. The highest BCUT2D eigenvalue weighted by atomic mass is 19.4. The Morgan fingerprint density at radius 2 is 1.78 bits per heavy atom. The molecule has 1 aliphatic heterocycles. The lowest BCUT2D eigenvalue weighted by atomic mass is 9.96. The normalized spacial score (nSPS) is 13.5. The zero-order chi connectivity index (χ0) is 28.7. The van der Waals surface area contributed by atoms with Gasteiger partial charge in [0.1, 0.15) is 12.4 Å². The summed E-state index contributed by atoms with van der Waals surface area (Å²) in [6.45, 7) is 3.80. The molecule has 4 aromatic rings. The third-order valence-electron chi connectivity index (χ3n) is 6.76. The van der Waals surface area contributed by atoms with E-state index in [2.05, 4.69) is 25.8 Å². The predicted octanol–water partition coefficient (Wildman–Crippen LogP) is 6.08. The van der Waals surface area contributed by atoms with Crippen LogP contribution < -0.4 is 25.6 Å². The molecule has 212 valence electrons. The topological polar surface area (TPSA) is 78.5 Å². The van der Waals surface area contributed by atoms with E-state index < -0.39 is 11.7 Å². The van der Waals surface area contributed by atoms with Gasteiger partial charge < -0.3 is 25.6 Å². The molecule has 5 rings (SSSR count). The summed E-state index contributed by atoms with van der Waals surface area (Å²) in [5.41, 5.74) is 3.52. The van der Waals surface area contributed by atoms with Crippen LogP contribution in [-0.2, 0) is 19.3 Å². The molecule has 1 fully saturated rings. The first kappa shape index (κ1) is 28.0. The standard InChI is InChI=1S/C31H30F3N5O2/c32-31(33,34)25-7-6-24(29(18-25)23-4-1-5-27(17-23)39-15-13-35-14-16-39)21-41-28-10-8-26(9-11-28)38-30(40)37-20-22-3-2-12-36-19-22/h1-12,17-19,35H,13-16,20-21H2,(H2,37,38,40). The van der Waals surface area contributed by atoms with Gasteiger partial charge in [-0.3, -0.25) is 4.98 Å². The third-order valence-corrected chi connectivity index (χ3v) is 6.76. The number of benzene rings is 3. The molecule has 0 saturated carbocycles. The lowest BCUT2D eigenvalue weighted by molar-refractivity contribution is -0.137. The van der Waals surface area contributed by atoms with E-state index in [9.17, 15) is 18.0 Å². The second-order valence-corrected chi connectivity index (χ2v) is 9.64. The van der Waals surface area contributed by atoms with Gasteiger partial charge in [0.25, 0.3) is 0 Å². The van der Waals surface area contributed by atoms with Gasteiger partial charge in [0.2, 0.25) is 0 Å². The number of hydrogen-bond donors (Lipinski definition) is 3. The summed E-state index contributed by atoms with van der Waals surface area (Å²) in [6, 6.07) is 21.4. The summed E-state index contributed by atoms with van der Waals surface area (Å²) in [6.07, 6.45) is -1.12. The van der Waals surface area contributed by atoms with Crippen LogP contribution in [0.5, 0.6) is 5.75 Å². The van der Waals surface area contributed by atoms with Crippen LogP contribution in [0.3, 0.4) is 0 Å². The van der Waals surface area contributed by atoms with Gasteiger partial charge in [0.15, 0.2) is 0 Å². The van der Waals surface area contributed by atoms with Crippen LogP contribution in [0.1, 0.15) is 16.7 Å². The summed E-state index contributed by atoms with van der Waals surface area (Å²) in [5.74, 6) is 0.520. The SMILES string of the molecule is O=C(NCc1cccnc1)Nc1ccc(OCc2ccc(C(F)(F)F)cc2-c2cccc(N3CCNCC3)c2)cc1. The highest BCUT2D eigenvalue weighted by Gasteiger charge is 2.31. The number of amides is 2. The molecule has 0 unspecified atom stereocenters. The van der Waals surface area contributed by atoms with E-state index in [4.69, 9.17) is 4.74 Å². The number of pyridine rings is 1. The van der Waals surface area contributed by atoms with Crippen molar-refractivity contribution in [3.05, 3.63) is 108 Å². The fourth-order valence-corrected chi connectivity index (χ4v) is 4.60. The molecule has 3 aromatic carbocycles. The quantitative estimate of drug-likeness (QED) is 0.243. The molecule has 7 nitrogen and oxygen atoms in total. The average molecular weight is 562 g/mol. The van der Waals surface area contributed by atoms with E-state index in [0.717, 1.165) is 43.5 Å². The predicted molar refractivity (Wildman–Crippen MR) is 153 cm³/mol. The van der Waals surface area contributed by atoms with Gasteiger partial charge in [0, 0.05) is 56.5 Å². The van der Waals surface area contributed by atoms with Crippen LogP contribution in [0.4, 0.5) is 29.3 Å².